The number of amides is 2. The van der Waals surface area contributed by atoms with Crippen molar-refractivity contribution in [2.24, 2.45) is 0 Å². The number of ether oxygens (including phenoxy) is 1. The van der Waals surface area contributed by atoms with Crippen LogP contribution in [0.2, 0.25) is 5.28 Å². The topological polar surface area (TPSA) is 124 Å². The number of carbonyl (C=O) groups excluding carboxylic acids is 1. The van der Waals surface area contributed by atoms with Crippen molar-refractivity contribution >= 4 is 47.2 Å². The van der Waals surface area contributed by atoms with E-state index in [1.54, 1.807) is 48.5 Å². The third kappa shape index (κ3) is 6.90. The molecule has 0 spiro atoms. The van der Waals surface area contributed by atoms with Crippen LogP contribution < -0.4 is 15.4 Å². The summed E-state index contributed by atoms with van der Waals surface area (Å²) in [5.41, 5.74) is 3.55. The molecule has 5 aromatic rings. The van der Waals surface area contributed by atoms with Gasteiger partial charge in [0.1, 0.15) is 11.6 Å². The first kappa shape index (κ1) is 28.3. The van der Waals surface area contributed by atoms with Crippen molar-refractivity contribution in [2.75, 3.05) is 24.0 Å². The van der Waals surface area contributed by atoms with Crippen LogP contribution in [0.3, 0.4) is 0 Å². The average molecular weight is 590 g/mol. The van der Waals surface area contributed by atoms with Crippen LogP contribution in [0.25, 0.3) is 16.6 Å². The summed E-state index contributed by atoms with van der Waals surface area (Å²) in [6, 6.07) is 17.7. The van der Waals surface area contributed by atoms with E-state index in [9.17, 15) is 9.36 Å². The van der Waals surface area contributed by atoms with Crippen molar-refractivity contribution in [2.45, 2.75) is 25.9 Å². The first-order chi connectivity index (χ1) is 19.6. The Morgan fingerprint density at radius 3 is 2.61 bits per heavy atom. The predicted octanol–water partition coefficient (Wildman–Crippen LogP) is 7.55. The Kier molecular flexibility index (Phi) is 8.06. The lowest BCUT2D eigenvalue weighted by Gasteiger charge is -2.14. The molecule has 2 N–H and O–H groups in total. The zero-order chi connectivity index (χ0) is 29.1. The molecular formula is C29H29ClN7O3P. The van der Waals surface area contributed by atoms with Crippen molar-refractivity contribution in [3.63, 3.8) is 0 Å². The van der Waals surface area contributed by atoms with Gasteiger partial charge in [-0.05, 0) is 72.8 Å². The Bertz CT molecular complexity index is 1780. The highest BCUT2D eigenvalue weighted by atomic mass is 35.5. The lowest BCUT2D eigenvalue weighted by Crippen LogP contribution is -2.21. The van der Waals surface area contributed by atoms with Crippen LogP contribution in [0, 0.1) is 0 Å². The number of rotatable bonds is 8. The van der Waals surface area contributed by atoms with Crippen molar-refractivity contribution in [1.82, 2.24) is 24.7 Å². The largest absolute Gasteiger partial charge is 0.438 e. The normalized spacial score (nSPS) is 11.6. The minimum Gasteiger partial charge on any atom is -0.438 e. The fourth-order valence-corrected chi connectivity index (χ4v) is 5.50. The zero-order valence-electron chi connectivity index (χ0n) is 23.0. The molecule has 0 atom stereocenters. The van der Waals surface area contributed by atoms with Crippen LogP contribution in [-0.2, 0) is 10.7 Å². The van der Waals surface area contributed by atoms with E-state index in [-0.39, 0.29) is 17.1 Å². The van der Waals surface area contributed by atoms with E-state index in [2.05, 4.69) is 25.6 Å². The van der Waals surface area contributed by atoms with Gasteiger partial charge in [0.25, 0.3) is 0 Å². The van der Waals surface area contributed by atoms with Gasteiger partial charge in [0.05, 0.1) is 29.7 Å². The summed E-state index contributed by atoms with van der Waals surface area (Å²) >= 11 is 5.89. The second-order valence-corrected chi connectivity index (χ2v) is 14.1. The molecule has 10 nitrogen and oxygen atoms in total. The van der Waals surface area contributed by atoms with Crippen molar-refractivity contribution in [1.29, 1.82) is 0 Å². The van der Waals surface area contributed by atoms with Gasteiger partial charge in [0, 0.05) is 36.1 Å². The van der Waals surface area contributed by atoms with Crippen LogP contribution in [0.5, 0.6) is 11.6 Å². The van der Waals surface area contributed by atoms with Gasteiger partial charge in [-0.1, -0.05) is 26.0 Å². The van der Waals surface area contributed by atoms with Crippen LogP contribution in [0.1, 0.15) is 31.0 Å². The van der Waals surface area contributed by atoms with Gasteiger partial charge < -0.3 is 14.6 Å². The highest BCUT2D eigenvalue weighted by Gasteiger charge is 2.18. The SMILES string of the molecule is CC(C)c1cc(NC(=O)Nc2ccc(Oc3ccnc(Cl)n3)c3cccnc23)n(-c2cccc(CP(C)(C)=O)c2)n1. The number of hydrogen-bond acceptors (Lipinski definition) is 7. The fourth-order valence-electron chi connectivity index (χ4n) is 4.29. The summed E-state index contributed by atoms with van der Waals surface area (Å²) in [5.74, 6) is 1.42. The number of pyridine rings is 1. The summed E-state index contributed by atoms with van der Waals surface area (Å²) in [7, 11) is -2.27. The molecule has 210 valence electrons. The Morgan fingerprint density at radius 1 is 1.02 bits per heavy atom. The second kappa shape index (κ2) is 11.7. The number of nitrogens with zero attached hydrogens (tertiary/aromatic N) is 5. The molecule has 41 heavy (non-hydrogen) atoms. The number of urea groups is 1. The number of fused-ring (bicyclic) bond motifs is 1. The number of aromatic nitrogens is 5. The standard InChI is InChI=1S/C29H29ClN7O3P/c1-18(2)23-16-25(37(36-23)20-8-5-7-19(15-20)17-41(3,4)39)34-29(38)33-22-10-11-24(21-9-6-13-31-27(21)22)40-26-12-14-32-28(30)35-26/h5-16,18H,17H2,1-4H3,(H2,33,34,38). The van der Waals surface area contributed by atoms with Crippen LogP contribution in [-0.4, -0.2) is 44.1 Å². The van der Waals surface area contributed by atoms with Gasteiger partial charge in [0.2, 0.25) is 11.2 Å². The molecule has 0 bridgehead atoms. The molecule has 12 heteroatoms. The van der Waals surface area contributed by atoms with E-state index in [4.69, 9.17) is 21.4 Å². The highest BCUT2D eigenvalue weighted by Crippen LogP contribution is 2.40. The van der Waals surface area contributed by atoms with Crippen molar-refractivity contribution in [3.8, 4) is 17.3 Å². The third-order valence-electron chi connectivity index (χ3n) is 6.07. The van der Waals surface area contributed by atoms with Crippen LogP contribution >= 0.6 is 18.7 Å². The average Bonchev–Trinajstić information content (AvgIpc) is 3.33. The molecule has 0 saturated heterocycles. The molecule has 0 saturated carbocycles. The minimum absolute atomic E-state index is 0.0715. The predicted molar refractivity (Wildman–Crippen MR) is 162 cm³/mol. The quantitative estimate of drug-likeness (QED) is 0.141. The van der Waals surface area contributed by atoms with E-state index < -0.39 is 13.2 Å². The highest BCUT2D eigenvalue weighted by molar-refractivity contribution is 7.61. The zero-order valence-corrected chi connectivity index (χ0v) is 24.6. The Hall–Kier alpha value is -4.27. The molecule has 5 rings (SSSR count). The van der Waals surface area contributed by atoms with Crippen LogP contribution in [0.4, 0.5) is 16.3 Å². The van der Waals surface area contributed by atoms with Gasteiger partial charge >= 0.3 is 6.03 Å². The van der Waals surface area contributed by atoms with Gasteiger partial charge in [-0.15, -0.1) is 0 Å². The molecule has 0 unspecified atom stereocenters. The number of carbonyl (C=O) groups is 1. The monoisotopic (exact) mass is 589 g/mol. The second-order valence-electron chi connectivity index (χ2n) is 10.3. The van der Waals surface area contributed by atoms with E-state index in [0.29, 0.717) is 34.3 Å². The molecule has 0 aliphatic carbocycles. The van der Waals surface area contributed by atoms with Crippen LogP contribution in [0.15, 0.2) is 73.1 Å². The molecule has 0 fully saturated rings. The van der Waals surface area contributed by atoms with Crippen molar-refractivity contribution in [3.05, 3.63) is 89.6 Å². The summed E-state index contributed by atoms with van der Waals surface area (Å²) in [6.45, 7) is 7.61. The van der Waals surface area contributed by atoms with Crippen molar-refractivity contribution < 1.29 is 14.1 Å². The van der Waals surface area contributed by atoms with E-state index in [1.165, 1.54) is 6.20 Å². The summed E-state index contributed by atoms with van der Waals surface area (Å²) in [4.78, 5) is 25.7. The smallest absolute Gasteiger partial charge is 0.324 e. The summed E-state index contributed by atoms with van der Waals surface area (Å²) in [6.07, 6.45) is 3.62. The van der Waals surface area contributed by atoms with E-state index in [1.807, 2.05) is 50.2 Å². The Labute approximate surface area is 242 Å². The molecule has 0 aliphatic heterocycles. The van der Waals surface area contributed by atoms with Gasteiger partial charge in [-0.3, -0.25) is 10.3 Å². The maximum Gasteiger partial charge on any atom is 0.324 e. The maximum absolute atomic E-state index is 13.3. The summed E-state index contributed by atoms with van der Waals surface area (Å²) < 4.78 is 20.0. The minimum atomic E-state index is -2.27. The van der Waals surface area contributed by atoms with E-state index >= 15 is 0 Å². The third-order valence-corrected chi connectivity index (χ3v) is 7.38. The molecule has 3 heterocycles. The number of hydrogen-bond donors (Lipinski definition) is 2. The Balaban J connectivity index is 1.42. The Morgan fingerprint density at radius 2 is 1.85 bits per heavy atom. The fraction of sp³-hybridized carbons (Fsp3) is 0.207. The number of halogens is 1. The molecule has 2 amide bonds. The lowest BCUT2D eigenvalue weighted by atomic mass is 10.1. The molecule has 0 aliphatic rings. The number of benzene rings is 2. The molecule has 3 aromatic heterocycles. The molecule has 2 aromatic carbocycles. The first-order valence-electron chi connectivity index (χ1n) is 12.9. The first-order valence-corrected chi connectivity index (χ1v) is 16.1. The maximum atomic E-state index is 13.3. The summed E-state index contributed by atoms with van der Waals surface area (Å²) in [5, 5.41) is 11.3. The number of anilines is 2. The lowest BCUT2D eigenvalue weighted by molar-refractivity contribution is 0.262. The van der Waals surface area contributed by atoms with Gasteiger partial charge in [-0.2, -0.15) is 10.1 Å². The van der Waals surface area contributed by atoms with Gasteiger partial charge in [-0.25, -0.2) is 14.5 Å². The van der Waals surface area contributed by atoms with E-state index in [0.717, 1.165) is 16.9 Å². The molecular weight excluding hydrogens is 561 g/mol. The number of nitrogens with one attached hydrogen (secondary N) is 2. The molecule has 0 radical (unpaired) electrons. The van der Waals surface area contributed by atoms with Gasteiger partial charge in [0.15, 0.2) is 0 Å².